The lowest BCUT2D eigenvalue weighted by Gasteiger charge is -2.23. The van der Waals surface area contributed by atoms with Crippen molar-refractivity contribution in [3.63, 3.8) is 0 Å². The van der Waals surface area contributed by atoms with E-state index in [1.54, 1.807) is 13.2 Å². The van der Waals surface area contributed by atoms with Crippen LogP contribution in [-0.2, 0) is 0 Å². The topological polar surface area (TPSA) is 50.8 Å². The van der Waals surface area contributed by atoms with E-state index < -0.39 is 0 Å². The number of ether oxygens (including phenoxy) is 2. The molecule has 1 saturated heterocycles. The molecule has 0 spiro atoms. The second-order valence-corrected chi connectivity index (χ2v) is 7.24. The third kappa shape index (κ3) is 5.23. The molecule has 0 saturated carbocycles. The minimum atomic E-state index is -0.0565. The Kier molecular flexibility index (Phi) is 6.45. The van der Waals surface area contributed by atoms with Gasteiger partial charge in [0.05, 0.1) is 13.2 Å². The first-order chi connectivity index (χ1) is 11.0. The van der Waals surface area contributed by atoms with Gasteiger partial charge in [0.2, 0.25) is 0 Å². The average molecular weight is 338 g/mol. The lowest BCUT2D eigenvalue weighted by atomic mass is 10.2. The highest BCUT2D eigenvalue weighted by atomic mass is 32.2. The fourth-order valence-corrected chi connectivity index (χ4v) is 3.49. The van der Waals surface area contributed by atoms with Crippen LogP contribution in [0, 0.1) is 5.92 Å². The Hall–Kier alpha value is -1.56. The molecule has 0 unspecified atom stereocenters. The van der Waals surface area contributed by atoms with Gasteiger partial charge in [0.15, 0.2) is 11.5 Å². The van der Waals surface area contributed by atoms with Gasteiger partial charge in [0.1, 0.15) is 0 Å². The summed E-state index contributed by atoms with van der Waals surface area (Å²) in [5.41, 5.74) is 0.715. The second-order valence-electron chi connectivity index (χ2n) is 6.09. The molecule has 1 N–H and O–H groups in total. The summed E-state index contributed by atoms with van der Waals surface area (Å²) in [5, 5.41) is 2.96. The summed E-state index contributed by atoms with van der Waals surface area (Å²) in [4.78, 5) is 14.3. The number of urea groups is 1. The molecular formula is C17H26N2O3S. The Labute approximate surface area is 142 Å². The zero-order chi connectivity index (χ0) is 16.8. The normalized spacial score (nSPS) is 18.5. The van der Waals surface area contributed by atoms with Gasteiger partial charge in [0.25, 0.3) is 0 Å². The van der Waals surface area contributed by atoms with Gasteiger partial charge < -0.3 is 19.7 Å². The van der Waals surface area contributed by atoms with Gasteiger partial charge in [0, 0.05) is 30.6 Å². The minimum Gasteiger partial charge on any atom is -0.493 e. The van der Waals surface area contributed by atoms with Gasteiger partial charge >= 0.3 is 6.03 Å². The van der Waals surface area contributed by atoms with Crippen molar-refractivity contribution < 1.29 is 14.3 Å². The fraction of sp³-hybridized carbons (Fsp3) is 0.588. The highest BCUT2D eigenvalue weighted by Crippen LogP contribution is 2.31. The molecule has 5 nitrogen and oxygen atoms in total. The number of nitrogens with zero attached hydrogens (tertiary/aromatic N) is 1. The van der Waals surface area contributed by atoms with E-state index >= 15 is 0 Å². The van der Waals surface area contributed by atoms with Crippen molar-refractivity contribution in [2.24, 2.45) is 5.92 Å². The summed E-state index contributed by atoms with van der Waals surface area (Å²) >= 11 is 1.91. The molecule has 1 aromatic rings. The van der Waals surface area contributed by atoms with Gasteiger partial charge in [-0.1, -0.05) is 6.92 Å². The lowest BCUT2D eigenvalue weighted by molar-refractivity contribution is 0.209. The van der Waals surface area contributed by atoms with E-state index in [0.29, 0.717) is 23.1 Å². The van der Waals surface area contributed by atoms with Gasteiger partial charge in [-0.3, -0.25) is 0 Å². The van der Waals surface area contributed by atoms with Crippen LogP contribution in [0.1, 0.15) is 20.8 Å². The number of hydrogen-bond donors (Lipinski definition) is 1. The van der Waals surface area contributed by atoms with Gasteiger partial charge in [-0.25, -0.2) is 4.79 Å². The maximum Gasteiger partial charge on any atom is 0.321 e. The van der Waals surface area contributed by atoms with Crippen molar-refractivity contribution in [3.05, 3.63) is 18.2 Å². The molecule has 1 atom stereocenters. The maximum absolute atomic E-state index is 12.5. The van der Waals surface area contributed by atoms with Crippen LogP contribution in [0.3, 0.4) is 0 Å². The first-order valence-electron chi connectivity index (χ1n) is 7.98. The van der Waals surface area contributed by atoms with E-state index in [0.717, 1.165) is 24.6 Å². The monoisotopic (exact) mass is 338 g/mol. The SMILES string of the molecule is COc1cc(NC(=O)N2CCSC[C@@H](C)C2)ccc1OC(C)C. The van der Waals surface area contributed by atoms with Crippen LogP contribution in [0.15, 0.2) is 18.2 Å². The number of hydrogen-bond acceptors (Lipinski definition) is 4. The zero-order valence-electron chi connectivity index (χ0n) is 14.3. The Morgan fingerprint density at radius 1 is 1.39 bits per heavy atom. The standard InChI is InChI=1S/C17H26N2O3S/c1-12(2)22-15-6-5-14(9-16(15)21-4)18-17(20)19-7-8-23-11-13(3)10-19/h5-6,9,12-13H,7-8,10-11H2,1-4H3,(H,18,20)/t13-/m0/s1. The predicted octanol–water partition coefficient (Wildman–Crippen LogP) is 3.70. The molecular weight excluding hydrogens is 312 g/mol. The molecule has 1 aliphatic heterocycles. The maximum atomic E-state index is 12.5. The number of carbonyl (C=O) groups is 1. The average Bonchev–Trinajstić information content (AvgIpc) is 2.73. The third-order valence-electron chi connectivity index (χ3n) is 3.50. The molecule has 1 heterocycles. The van der Waals surface area contributed by atoms with Crippen LogP contribution in [0.4, 0.5) is 10.5 Å². The Morgan fingerprint density at radius 3 is 2.87 bits per heavy atom. The first kappa shape index (κ1) is 17.8. The number of amides is 2. The molecule has 0 radical (unpaired) electrons. The highest BCUT2D eigenvalue weighted by molar-refractivity contribution is 7.99. The number of nitrogens with one attached hydrogen (secondary N) is 1. The summed E-state index contributed by atoms with van der Waals surface area (Å²) < 4.78 is 11.0. The van der Waals surface area contributed by atoms with Crippen molar-refractivity contribution in [2.75, 3.05) is 37.0 Å². The van der Waals surface area contributed by atoms with Crippen molar-refractivity contribution in [2.45, 2.75) is 26.9 Å². The second kappa shape index (κ2) is 8.34. The number of anilines is 1. The zero-order valence-corrected chi connectivity index (χ0v) is 15.1. The van der Waals surface area contributed by atoms with Gasteiger partial charge in [-0.2, -0.15) is 11.8 Å². The van der Waals surface area contributed by atoms with Crippen LogP contribution in [0.2, 0.25) is 0 Å². The van der Waals surface area contributed by atoms with Gasteiger partial charge in [-0.15, -0.1) is 0 Å². The van der Waals surface area contributed by atoms with Crippen molar-refractivity contribution in [1.29, 1.82) is 0 Å². The first-order valence-corrected chi connectivity index (χ1v) is 9.13. The highest BCUT2D eigenvalue weighted by Gasteiger charge is 2.20. The molecule has 0 aliphatic carbocycles. The molecule has 0 aromatic heterocycles. The van der Waals surface area contributed by atoms with E-state index in [4.69, 9.17) is 9.47 Å². The van der Waals surface area contributed by atoms with Crippen LogP contribution >= 0.6 is 11.8 Å². The number of carbonyl (C=O) groups excluding carboxylic acids is 1. The van der Waals surface area contributed by atoms with E-state index in [9.17, 15) is 4.79 Å². The number of rotatable bonds is 4. The van der Waals surface area contributed by atoms with Crippen LogP contribution in [-0.4, -0.2) is 48.7 Å². The van der Waals surface area contributed by atoms with Crippen LogP contribution < -0.4 is 14.8 Å². The lowest BCUT2D eigenvalue weighted by Crippen LogP contribution is -2.38. The number of methoxy groups -OCH3 is 1. The Bertz CT molecular complexity index is 537. The summed E-state index contributed by atoms with van der Waals surface area (Å²) in [6.07, 6.45) is 0.0698. The Balaban J connectivity index is 2.05. The van der Waals surface area contributed by atoms with Crippen molar-refractivity contribution >= 4 is 23.5 Å². The molecule has 128 valence electrons. The molecule has 2 amide bonds. The summed E-state index contributed by atoms with van der Waals surface area (Å²) in [6, 6.07) is 5.41. The van der Waals surface area contributed by atoms with E-state index in [1.165, 1.54) is 0 Å². The summed E-state index contributed by atoms with van der Waals surface area (Å²) in [7, 11) is 1.60. The molecule has 1 aliphatic rings. The fourth-order valence-electron chi connectivity index (χ4n) is 2.46. The quantitative estimate of drug-likeness (QED) is 0.909. The van der Waals surface area contributed by atoms with Gasteiger partial charge in [-0.05, 0) is 37.7 Å². The Morgan fingerprint density at radius 2 is 2.17 bits per heavy atom. The van der Waals surface area contributed by atoms with Crippen LogP contribution in [0.25, 0.3) is 0 Å². The summed E-state index contributed by atoms with van der Waals surface area (Å²) in [6.45, 7) is 7.69. The predicted molar refractivity (Wildman–Crippen MR) is 95.8 cm³/mol. The number of thioether (sulfide) groups is 1. The molecule has 23 heavy (non-hydrogen) atoms. The van der Waals surface area contributed by atoms with Crippen LogP contribution in [0.5, 0.6) is 11.5 Å². The number of benzene rings is 1. The minimum absolute atomic E-state index is 0.0565. The summed E-state index contributed by atoms with van der Waals surface area (Å²) in [5.74, 6) is 3.92. The van der Waals surface area contributed by atoms with Crippen molar-refractivity contribution in [1.82, 2.24) is 4.90 Å². The molecule has 1 fully saturated rings. The smallest absolute Gasteiger partial charge is 0.321 e. The van der Waals surface area contributed by atoms with Crippen molar-refractivity contribution in [3.8, 4) is 11.5 Å². The van der Waals surface area contributed by atoms with E-state index in [-0.39, 0.29) is 12.1 Å². The van der Waals surface area contributed by atoms with E-state index in [1.807, 2.05) is 42.6 Å². The largest absolute Gasteiger partial charge is 0.493 e. The molecule has 1 aromatic carbocycles. The third-order valence-corrected chi connectivity index (χ3v) is 4.78. The van der Waals surface area contributed by atoms with E-state index in [2.05, 4.69) is 12.2 Å². The molecule has 2 rings (SSSR count). The molecule has 0 bridgehead atoms. The molecule has 6 heteroatoms.